The van der Waals surface area contributed by atoms with Crippen LogP contribution in [0.25, 0.3) is 6.08 Å². The van der Waals surface area contributed by atoms with Crippen LogP contribution in [0.15, 0.2) is 46.9 Å². The molecule has 0 radical (unpaired) electrons. The summed E-state index contributed by atoms with van der Waals surface area (Å²) in [6, 6.07) is 11.0. The van der Waals surface area contributed by atoms with Gasteiger partial charge in [0.2, 0.25) is 11.6 Å². The van der Waals surface area contributed by atoms with Gasteiger partial charge in [0.1, 0.15) is 5.75 Å². The Balaban J connectivity index is 1.64. The molecule has 1 N–H and O–H groups in total. The molecule has 0 aliphatic heterocycles. The van der Waals surface area contributed by atoms with E-state index in [9.17, 15) is 4.79 Å². The molecule has 0 spiro atoms. The number of carbonyl (C=O) groups excluding carboxylic acids is 1. The van der Waals surface area contributed by atoms with Crippen molar-refractivity contribution in [2.24, 2.45) is 0 Å². The smallest absolute Gasteiger partial charge is 0.322 e. The van der Waals surface area contributed by atoms with Crippen molar-refractivity contribution in [2.75, 3.05) is 33.8 Å². The van der Waals surface area contributed by atoms with Gasteiger partial charge in [-0.3, -0.25) is 10.1 Å². The second-order valence-electron chi connectivity index (χ2n) is 6.31. The first-order valence-corrected chi connectivity index (χ1v) is 9.30. The number of ether oxygens (including phenoxy) is 4. The molecule has 3 rings (SSSR count). The van der Waals surface area contributed by atoms with Crippen LogP contribution in [-0.4, -0.2) is 44.5 Å². The second kappa shape index (κ2) is 10.1. The van der Waals surface area contributed by atoms with Crippen LogP contribution in [0, 0.1) is 0 Å². The monoisotopic (exact) mass is 425 g/mol. The molecule has 1 aromatic heterocycles. The van der Waals surface area contributed by atoms with Crippen molar-refractivity contribution in [3.63, 3.8) is 0 Å². The first-order chi connectivity index (χ1) is 15.1. The fraction of sp³-hybridized carbons (Fsp3) is 0.227. The minimum absolute atomic E-state index is 0.0167. The number of aromatic nitrogens is 2. The third-order valence-electron chi connectivity index (χ3n) is 4.33. The van der Waals surface area contributed by atoms with Crippen molar-refractivity contribution in [1.29, 1.82) is 0 Å². The second-order valence-corrected chi connectivity index (χ2v) is 6.31. The fourth-order valence-corrected chi connectivity index (χ4v) is 2.81. The van der Waals surface area contributed by atoms with E-state index in [1.165, 1.54) is 27.4 Å². The summed E-state index contributed by atoms with van der Waals surface area (Å²) in [5, 5.41) is 10.4. The van der Waals surface area contributed by atoms with Crippen LogP contribution in [0.4, 0.5) is 6.01 Å². The molecule has 9 heteroatoms. The highest BCUT2D eigenvalue weighted by Gasteiger charge is 2.13. The fourth-order valence-electron chi connectivity index (χ4n) is 2.81. The number of benzene rings is 2. The van der Waals surface area contributed by atoms with E-state index in [0.717, 1.165) is 11.3 Å². The van der Waals surface area contributed by atoms with Crippen LogP contribution >= 0.6 is 0 Å². The quantitative estimate of drug-likeness (QED) is 0.521. The number of anilines is 1. The van der Waals surface area contributed by atoms with Crippen molar-refractivity contribution in [2.45, 2.75) is 6.42 Å². The number of hydrogen-bond donors (Lipinski definition) is 1. The Bertz CT molecular complexity index is 1030. The van der Waals surface area contributed by atoms with Gasteiger partial charge >= 0.3 is 6.01 Å². The van der Waals surface area contributed by atoms with Crippen LogP contribution in [0.3, 0.4) is 0 Å². The number of nitrogens with zero attached hydrogens (tertiary/aromatic N) is 2. The molecule has 2 aromatic carbocycles. The summed E-state index contributed by atoms with van der Waals surface area (Å²) >= 11 is 0. The van der Waals surface area contributed by atoms with Gasteiger partial charge in [-0.2, -0.15) is 0 Å². The molecule has 9 nitrogen and oxygen atoms in total. The number of hydrogen-bond acceptors (Lipinski definition) is 8. The molecule has 0 atom stereocenters. The predicted octanol–water partition coefficient (Wildman–Crippen LogP) is 3.35. The molecule has 0 aliphatic carbocycles. The number of nitrogens with one attached hydrogen (secondary N) is 1. The molecular weight excluding hydrogens is 402 g/mol. The number of carbonyl (C=O) groups is 1. The molecule has 0 unspecified atom stereocenters. The SMILES string of the molecule is COc1ccc(Cc2nnc(NC(=O)/C=C/c3cc(OC)c(OC)c(OC)c3)o2)cc1. The molecule has 0 bridgehead atoms. The molecule has 0 fully saturated rings. The molecule has 0 saturated heterocycles. The van der Waals surface area contributed by atoms with Gasteiger partial charge in [0.25, 0.3) is 5.91 Å². The Morgan fingerprint density at radius 2 is 1.65 bits per heavy atom. The molecule has 0 aliphatic rings. The maximum absolute atomic E-state index is 12.2. The van der Waals surface area contributed by atoms with E-state index in [1.54, 1.807) is 25.3 Å². The summed E-state index contributed by atoms with van der Waals surface area (Å²) in [5.74, 6) is 2.18. The predicted molar refractivity (Wildman–Crippen MR) is 114 cm³/mol. The Morgan fingerprint density at radius 1 is 0.968 bits per heavy atom. The molecule has 0 saturated carbocycles. The first kappa shape index (κ1) is 21.7. The average molecular weight is 425 g/mol. The molecule has 3 aromatic rings. The largest absolute Gasteiger partial charge is 0.497 e. The highest BCUT2D eigenvalue weighted by atomic mass is 16.5. The maximum atomic E-state index is 12.2. The van der Waals surface area contributed by atoms with Crippen LogP contribution in [0.1, 0.15) is 17.0 Å². The third-order valence-corrected chi connectivity index (χ3v) is 4.33. The summed E-state index contributed by atoms with van der Waals surface area (Å²) in [5.41, 5.74) is 1.67. The lowest BCUT2D eigenvalue weighted by atomic mass is 10.1. The molecule has 31 heavy (non-hydrogen) atoms. The lowest BCUT2D eigenvalue weighted by Gasteiger charge is -2.12. The number of rotatable bonds is 9. The van der Waals surface area contributed by atoms with Crippen molar-refractivity contribution in [1.82, 2.24) is 10.2 Å². The zero-order valence-electron chi connectivity index (χ0n) is 17.7. The van der Waals surface area contributed by atoms with E-state index in [-0.39, 0.29) is 6.01 Å². The standard InChI is InChI=1S/C22H23N3O6/c1-27-16-8-5-14(6-9-16)13-20-24-25-22(31-20)23-19(26)10-7-15-11-17(28-2)21(30-4)18(12-15)29-3/h5-12H,13H2,1-4H3,(H,23,25,26)/b10-7+. The van der Waals surface area contributed by atoms with E-state index in [4.69, 9.17) is 23.4 Å². The topological polar surface area (TPSA) is 105 Å². The zero-order valence-corrected chi connectivity index (χ0v) is 17.7. The molecule has 1 amide bonds. The van der Waals surface area contributed by atoms with E-state index < -0.39 is 5.91 Å². The van der Waals surface area contributed by atoms with Crippen LogP contribution in [0.5, 0.6) is 23.0 Å². The summed E-state index contributed by atoms with van der Waals surface area (Å²) in [4.78, 5) is 12.2. The maximum Gasteiger partial charge on any atom is 0.322 e. The highest BCUT2D eigenvalue weighted by Crippen LogP contribution is 2.38. The van der Waals surface area contributed by atoms with E-state index in [2.05, 4.69) is 15.5 Å². The van der Waals surface area contributed by atoms with Gasteiger partial charge < -0.3 is 23.4 Å². The van der Waals surface area contributed by atoms with Crippen molar-refractivity contribution < 1.29 is 28.2 Å². The Kier molecular flexibility index (Phi) is 7.10. The zero-order chi connectivity index (χ0) is 22.2. The van der Waals surface area contributed by atoms with Crippen molar-refractivity contribution in [3.8, 4) is 23.0 Å². The Labute approximate surface area is 179 Å². The Hall–Kier alpha value is -4.01. The van der Waals surface area contributed by atoms with Gasteiger partial charge in [0.05, 0.1) is 34.9 Å². The van der Waals surface area contributed by atoms with Gasteiger partial charge in [0, 0.05) is 6.08 Å². The van der Waals surface area contributed by atoms with Crippen LogP contribution in [0.2, 0.25) is 0 Å². The molecule has 1 heterocycles. The van der Waals surface area contributed by atoms with E-state index >= 15 is 0 Å². The van der Waals surface area contributed by atoms with Gasteiger partial charge in [-0.1, -0.05) is 17.2 Å². The van der Waals surface area contributed by atoms with E-state index in [0.29, 0.717) is 35.1 Å². The lowest BCUT2D eigenvalue weighted by Crippen LogP contribution is -2.07. The van der Waals surface area contributed by atoms with E-state index in [1.807, 2.05) is 24.3 Å². The van der Waals surface area contributed by atoms with Gasteiger partial charge in [0.15, 0.2) is 11.5 Å². The highest BCUT2D eigenvalue weighted by molar-refractivity contribution is 6.00. The number of methoxy groups -OCH3 is 4. The van der Waals surface area contributed by atoms with Crippen LogP contribution in [-0.2, 0) is 11.2 Å². The third kappa shape index (κ3) is 5.53. The summed E-state index contributed by atoms with van der Waals surface area (Å²) in [6.07, 6.45) is 3.39. The van der Waals surface area contributed by atoms with Gasteiger partial charge in [-0.05, 0) is 41.5 Å². The van der Waals surface area contributed by atoms with Gasteiger partial charge in [-0.15, -0.1) is 5.10 Å². The normalized spacial score (nSPS) is 10.7. The van der Waals surface area contributed by atoms with Crippen molar-refractivity contribution in [3.05, 3.63) is 59.5 Å². The van der Waals surface area contributed by atoms with Crippen LogP contribution < -0.4 is 24.3 Å². The summed E-state index contributed by atoms with van der Waals surface area (Å²) in [7, 11) is 6.18. The number of amides is 1. The average Bonchev–Trinajstić information content (AvgIpc) is 3.23. The lowest BCUT2D eigenvalue weighted by molar-refractivity contribution is -0.112. The summed E-state index contributed by atoms with van der Waals surface area (Å²) in [6.45, 7) is 0. The summed E-state index contributed by atoms with van der Waals surface area (Å²) < 4.78 is 26.5. The minimum Gasteiger partial charge on any atom is -0.497 e. The molecular formula is C22H23N3O6. The first-order valence-electron chi connectivity index (χ1n) is 9.30. The van der Waals surface area contributed by atoms with Crippen molar-refractivity contribution >= 4 is 18.0 Å². The molecule has 162 valence electrons. The van der Waals surface area contributed by atoms with Gasteiger partial charge in [-0.25, -0.2) is 0 Å². The Morgan fingerprint density at radius 3 is 2.23 bits per heavy atom. The minimum atomic E-state index is -0.423.